The molecule has 0 aliphatic carbocycles. The van der Waals surface area contributed by atoms with E-state index >= 15 is 0 Å². The molecule has 0 saturated carbocycles. The van der Waals surface area contributed by atoms with E-state index in [9.17, 15) is 4.39 Å². The van der Waals surface area contributed by atoms with Gasteiger partial charge in [-0.1, -0.05) is 6.07 Å². The molecule has 8 heteroatoms. The number of aromatic nitrogens is 2. The average Bonchev–Trinajstić information content (AvgIpc) is 3.11. The Morgan fingerprint density at radius 1 is 1.20 bits per heavy atom. The molecule has 2 aliphatic heterocycles. The minimum atomic E-state index is -0.191. The molecule has 2 aliphatic rings. The van der Waals surface area contributed by atoms with Crippen molar-refractivity contribution in [2.75, 3.05) is 54.5 Å². The van der Waals surface area contributed by atoms with E-state index in [0.717, 1.165) is 63.1 Å². The predicted molar refractivity (Wildman–Crippen MR) is 98.2 cm³/mol. The molecular formula is C17H22FN5OS. The zero-order valence-corrected chi connectivity index (χ0v) is 14.8. The first-order valence-electron chi connectivity index (χ1n) is 8.71. The third-order valence-corrected chi connectivity index (χ3v) is 5.40. The topological polar surface area (TPSA) is 53.5 Å². The van der Waals surface area contributed by atoms with Gasteiger partial charge in [0.25, 0.3) is 0 Å². The standard InChI is InChI=1S/C17H22FN5OS/c18-13-3-1-5-15(11-13)23-6-2-4-14(12-23)19-16-20-17(25-21-16)22-7-9-24-10-8-22/h1,3,5,11,14H,2,4,6-10,12H2,(H,19,21)/t14-/m1/s1. The van der Waals surface area contributed by atoms with Gasteiger partial charge in [-0.25, -0.2) is 4.39 Å². The Kier molecular flexibility index (Phi) is 4.98. The van der Waals surface area contributed by atoms with Crippen molar-refractivity contribution in [1.82, 2.24) is 9.36 Å². The van der Waals surface area contributed by atoms with Crippen LogP contribution in [0.4, 0.5) is 21.2 Å². The highest BCUT2D eigenvalue weighted by atomic mass is 32.1. The Morgan fingerprint density at radius 2 is 2.08 bits per heavy atom. The second-order valence-electron chi connectivity index (χ2n) is 6.41. The van der Waals surface area contributed by atoms with E-state index < -0.39 is 0 Å². The summed E-state index contributed by atoms with van der Waals surface area (Å²) in [4.78, 5) is 9.06. The first-order valence-corrected chi connectivity index (χ1v) is 9.49. The summed E-state index contributed by atoms with van der Waals surface area (Å²) >= 11 is 1.43. The molecule has 2 saturated heterocycles. The molecule has 2 fully saturated rings. The lowest BCUT2D eigenvalue weighted by Gasteiger charge is -2.34. The quantitative estimate of drug-likeness (QED) is 0.901. The van der Waals surface area contributed by atoms with Crippen molar-refractivity contribution in [2.45, 2.75) is 18.9 Å². The highest BCUT2D eigenvalue weighted by Gasteiger charge is 2.22. The molecule has 1 N–H and O–H groups in total. The number of ether oxygens (including phenoxy) is 1. The number of nitrogens with zero attached hydrogens (tertiary/aromatic N) is 4. The van der Waals surface area contributed by atoms with Crippen LogP contribution in [0.1, 0.15) is 12.8 Å². The molecule has 2 aromatic rings. The molecule has 4 rings (SSSR count). The average molecular weight is 363 g/mol. The maximum atomic E-state index is 13.5. The molecule has 1 atom stereocenters. The first kappa shape index (κ1) is 16.5. The minimum Gasteiger partial charge on any atom is -0.378 e. The fourth-order valence-electron chi connectivity index (χ4n) is 3.34. The fraction of sp³-hybridized carbons (Fsp3) is 0.529. The predicted octanol–water partition coefficient (Wildman–Crippen LogP) is 2.59. The third kappa shape index (κ3) is 4.01. The molecule has 6 nitrogen and oxygen atoms in total. The number of rotatable bonds is 4. The summed E-state index contributed by atoms with van der Waals surface area (Å²) < 4.78 is 23.3. The Morgan fingerprint density at radius 3 is 2.92 bits per heavy atom. The molecule has 1 aromatic heterocycles. The lowest BCUT2D eigenvalue weighted by Crippen LogP contribution is -2.42. The normalized spacial score (nSPS) is 21.4. The number of hydrogen-bond donors (Lipinski definition) is 1. The van der Waals surface area contributed by atoms with Crippen molar-refractivity contribution in [3.8, 4) is 0 Å². The van der Waals surface area contributed by atoms with Crippen molar-refractivity contribution < 1.29 is 9.13 Å². The molecule has 1 aromatic carbocycles. The Balaban J connectivity index is 1.38. The zero-order valence-electron chi connectivity index (χ0n) is 14.0. The summed E-state index contributed by atoms with van der Waals surface area (Å²) in [6.07, 6.45) is 2.13. The summed E-state index contributed by atoms with van der Waals surface area (Å²) in [5.41, 5.74) is 0.937. The number of nitrogens with one attached hydrogen (secondary N) is 1. The van der Waals surface area contributed by atoms with Crippen LogP contribution < -0.4 is 15.1 Å². The van der Waals surface area contributed by atoms with Crippen LogP contribution in [0, 0.1) is 5.82 Å². The van der Waals surface area contributed by atoms with Crippen LogP contribution in [0.5, 0.6) is 0 Å². The second-order valence-corrected chi connectivity index (χ2v) is 7.14. The molecular weight excluding hydrogens is 341 g/mol. The van der Waals surface area contributed by atoms with E-state index in [1.54, 1.807) is 12.1 Å². The van der Waals surface area contributed by atoms with E-state index in [4.69, 9.17) is 4.74 Å². The van der Waals surface area contributed by atoms with Crippen molar-refractivity contribution in [3.05, 3.63) is 30.1 Å². The molecule has 134 valence electrons. The Labute approximate surface area is 150 Å². The summed E-state index contributed by atoms with van der Waals surface area (Å²) in [6.45, 7) is 5.00. The number of morpholine rings is 1. The van der Waals surface area contributed by atoms with Crippen LogP contribution in [0.25, 0.3) is 0 Å². The Bertz CT molecular complexity index is 706. The number of anilines is 3. The summed E-state index contributed by atoms with van der Waals surface area (Å²) in [5, 5.41) is 4.40. The summed E-state index contributed by atoms with van der Waals surface area (Å²) in [5.74, 6) is 0.501. The number of hydrogen-bond acceptors (Lipinski definition) is 7. The van der Waals surface area contributed by atoms with Crippen LogP contribution in [0.2, 0.25) is 0 Å². The van der Waals surface area contributed by atoms with E-state index in [-0.39, 0.29) is 11.9 Å². The van der Waals surface area contributed by atoms with Crippen LogP contribution >= 0.6 is 11.5 Å². The van der Waals surface area contributed by atoms with Crippen LogP contribution in [0.3, 0.4) is 0 Å². The molecule has 3 heterocycles. The van der Waals surface area contributed by atoms with Crippen molar-refractivity contribution in [2.24, 2.45) is 0 Å². The Hall–Kier alpha value is -1.93. The maximum absolute atomic E-state index is 13.5. The maximum Gasteiger partial charge on any atom is 0.236 e. The molecule has 0 spiro atoms. The second kappa shape index (κ2) is 7.53. The SMILES string of the molecule is Fc1cccc(N2CCC[C@@H](Nc3nsc(N4CCOCC4)n3)C2)c1. The smallest absolute Gasteiger partial charge is 0.236 e. The van der Waals surface area contributed by atoms with Gasteiger partial charge in [0.05, 0.1) is 13.2 Å². The summed E-state index contributed by atoms with van der Waals surface area (Å²) in [6, 6.07) is 7.07. The molecule has 25 heavy (non-hydrogen) atoms. The fourth-order valence-corrected chi connectivity index (χ4v) is 4.03. The van der Waals surface area contributed by atoms with Gasteiger partial charge in [-0.15, -0.1) is 0 Å². The molecule has 0 bridgehead atoms. The largest absolute Gasteiger partial charge is 0.378 e. The van der Waals surface area contributed by atoms with Gasteiger partial charge in [-0.2, -0.15) is 9.36 Å². The van der Waals surface area contributed by atoms with E-state index in [2.05, 4.69) is 24.5 Å². The minimum absolute atomic E-state index is 0.191. The third-order valence-electron chi connectivity index (χ3n) is 4.62. The monoisotopic (exact) mass is 363 g/mol. The van der Waals surface area contributed by atoms with Crippen LogP contribution in [-0.2, 0) is 4.74 Å². The van der Waals surface area contributed by atoms with Gasteiger partial charge in [0, 0.05) is 49.4 Å². The van der Waals surface area contributed by atoms with Gasteiger partial charge in [0.2, 0.25) is 11.1 Å². The molecule has 0 amide bonds. The van der Waals surface area contributed by atoms with Gasteiger partial charge < -0.3 is 19.9 Å². The van der Waals surface area contributed by atoms with E-state index in [1.165, 1.54) is 17.6 Å². The van der Waals surface area contributed by atoms with Crippen molar-refractivity contribution in [1.29, 1.82) is 0 Å². The van der Waals surface area contributed by atoms with E-state index in [1.807, 2.05) is 6.07 Å². The van der Waals surface area contributed by atoms with Gasteiger partial charge in [0.1, 0.15) is 5.82 Å². The zero-order chi connectivity index (χ0) is 17.1. The lowest BCUT2D eigenvalue weighted by molar-refractivity contribution is 0.122. The van der Waals surface area contributed by atoms with Gasteiger partial charge in [0.15, 0.2) is 0 Å². The van der Waals surface area contributed by atoms with Crippen molar-refractivity contribution >= 4 is 28.3 Å². The van der Waals surface area contributed by atoms with Gasteiger partial charge >= 0.3 is 0 Å². The molecule has 0 radical (unpaired) electrons. The number of halogens is 1. The summed E-state index contributed by atoms with van der Waals surface area (Å²) in [7, 11) is 0. The van der Waals surface area contributed by atoms with Crippen LogP contribution in [-0.4, -0.2) is 54.8 Å². The number of piperidine rings is 1. The lowest BCUT2D eigenvalue weighted by atomic mass is 10.1. The van der Waals surface area contributed by atoms with Crippen molar-refractivity contribution in [3.63, 3.8) is 0 Å². The van der Waals surface area contributed by atoms with Crippen LogP contribution in [0.15, 0.2) is 24.3 Å². The highest BCUT2D eigenvalue weighted by molar-refractivity contribution is 7.09. The molecule has 0 unspecified atom stereocenters. The number of benzene rings is 1. The highest BCUT2D eigenvalue weighted by Crippen LogP contribution is 2.24. The first-order chi connectivity index (χ1) is 12.3. The van der Waals surface area contributed by atoms with Gasteiger partial charge in [-0.05, 0) is 31.0 Å². The van der Waals surface area contributed by atoms with E-state index in [0.29, 0.717) is 5.95 Å². The van der Waals surface area contributed by atoms with Gasteiger partial charge in [-0.3, -0.25) is 0 Å².